The molecule has 202 valence electrons. The van der Waals surface area contributed by atoms with E-state index < -0.39 is 6.04 Å². The van der Waals surface area contributed by atoms with Crippen LogP contribution in [-0.4, -0.2) is 35.9 Å². The number of hydrogen-bond acceptors (Lipinski definition) is 3. The van der Waals surface area contributed by atoms with Gasteiger partial charge < -0.3 is 15.0 Å². The van der Waals surface area contributed by atoms with Crippen molar-refractivity contribution in [1.82, 2.24) is 10.2 Å². The molecule has 0 spiro atoms. The Morgan fingerprint density at radius 1 is 0.872 bits per heavy atom. The molecule has 0 bridgehead atoms. The van der Waals surface area contributed by atoms with Crippen LogP contribution < -0.4 is 10.1 Å². The number of unbranched alkanes of at least 4 members (excludes halogenated alkanes) is 1. The molecule has 7 heteroatoms. The van der Waals surface area contributed by atoms with Crippen LogP contribution in [0.2, 0.25) is 0 Å². The van der Waals surface area contributed by atoms with E-state index in [1.165, 1.54) is 0 Å². The third-order valence-electron chi connectivity index (χ3n) is 6.55. The molecule has 4 aromatic rings. The number of hydrogen-bond donors (Lipinski definition) is 1. The van der Waals surface area contributed by atoms with Gasteiger partial charge in [-0.25, -0.2) is 0 Å². The molecule has 0 aromatic heterocycles. The van der Waals surface area contributed by atoms with Crippen LogP contribution in [0, 0.1) is 0 Å². The summed E-state index contributed by atoms with van der Waals surface area (Å²) < 4.78 is 7.79. The van der Waals surface area contributed by atoms with E-state index in [2.05, 4.69) is 44.1 Å². The van der Waals surface area contributed by atoms with Crippen LogP contribution >= 0.6 is 31.9 Å². The summed E-state index contributed by atoms with van der Waals surface area (Å²) in [5, 5.41) is 5.13. The minimum absolute atomic E-state index is 0.162. The first kappa shape index (κ1) is 28.8. The maximum absolute atomic E-state index is 13.8. The molecular formula is C32H32Br2N2O3. The van der Waals surface area contributed by atoms with Crippen molar-refractivity contribution in [2.24, 2.45) is 0 Å². The summed E-state index contributed by atoms with van der Waals surface area (Å²) in [5.74, 6) is 0.159. The van der Waals surface area contributed by atoms with Crippen molar-refractivity contribution in [1.29, 1.82) is 0 Å². The average molecular weight is 652 g/mol. The van der Waals surface area contributed by atoms with Crippen LogP contribution in [0.5, 0.6) is 5.75 Å². The molecule has 1 N–H and O–H groups in total. The Labute approximate surface area is 246 Å². The van der Waals surface area contributed by atoms with Gasteiger partial charge in [-0.15, -0.1) is 0 Å². The van der Waals surface area contributed by atoms with Gasteiger partial charge in [0.05, 0.1) is 4.47 Å². The molecule has 0 fully saturated rings. The number of ether oxygens (including phenoxy) is 1. The van der Waals surface area contributed by atoms with Crippen molar-refractivity contribution < 1.29 is 14.3 Å². The van der Waals surface area contributed by atoms with Crippen LogP contribution in [0.15, 0.2) is 99.9 Å². The summed E-state index contributed by atoms with van der Waals surface area (Å²) in [7, 11) is 0. The van der Waals surface area contributed by atoms with Crippen molar-refractivity contribution in [2.75, 3.05) is 13.2 Å². The summed E-state index contributed by atoms with van der Waals surface area (Å²) in [4.78, 5) is 29.0. The largest absolute Gasteiger partial charge is 0.483 e. The van der Waals surface area contributed by atoms with E-state index in [9.17, 15) is 9.59 Å². The first-order valence-electron chi connectivity index (χ1n) is 13.1. The molecule has 1 atom stereocenters. The predicted octanol–water partition coefficient (Wildman–Crippen LogP) is 7.30. The fraction of sp³-hybridized carbons (Fsp3) is 0.250. The van der Waals surface area contributed by atoms with Gasteiger partial charge in [0.25, 0.3) is 5.91 Å². The van der Waals surface area contributed by atoms with Gasteiger partial charge in [0, 0.05) is 24.0 Å². The van der Waals surface area contributed by atoms with Crippen LogP contribution in [0.4, 0.5) is 0 Å². The molecule has 0 saturated carbocycles. The number of benzene rings is 4. The zero-order valence-electron chi connectivity index (χ0n) is 21.9. The molecule has 5 nitrogen and oxygen atoms in total. The summed E-state index contributed by atoms with van der Waals surface area (Å²) in [6.45, 7) is 2.74. The van der Waals surface area contributed by atoms with Crippen molar-refractivity contribution in [2.45, 2.75) is 38.8 Å². The molecule has 0 unspecified atom stereocenters. The minimum Gasteiger partial charge on any atom is -0.483 e. The molecule has 0 aliphatic carbocycles. The Balaban J connectivity index is 1.61. The van der Waals surface area contributed by atoms with Gasteiger partial charge in [-0.2, -0.15) is 0 Å². The lowest BCUT2D eigenvalue weighted by Gasteiger charge is -2.31. The second kappa shape index (κ2) is 14.3. The third kappa shape index (κ3) is 7.93. The molecule has 2 amide bonds. The van der Waals surface area contributed by atoms with Gasteiger partial charge in [-0.05, 0) is 62.4 Å². The second-order valence-corrected chi connectivity index (χ2v) is 11.1. The van der Waals surface area contributed by atoms with E-state index in [-0.39, 0.29) is 25.0 Å². The van der Waals surface area contributed by atoms with E-state index >= 15 is 0 Å². The van der Waals surface area contributed by atoms with E-state index in [1.54, 1.807) is 4.90 Å². The van der Waals surface area contributed by atoms with Gasteiger partial charge in [-0.1, -0.05) is 102 Å². The first-order valence-corrected chi connectivity index (χ1v) is 14.7. The molecule has 4 aromatic carbocycles. The summed E-state index contributed by atoms with van der Waals surface area (Å²) in [6.07, 6.45) is 2.25. The van der Waals surface area contributed by atoms with E-state index in [0.717, 1.165) is 43.7 Å². The number of nitrogens with one attached hydrogen (secondary N) is 1. The van der Waals surface area contributed by atoms with Crippen LogP contribution in [0.3, 0.4) is 0 Å². The maximum Gasteiger partial charge on any atom is 0.261 e. The smallest absolute Gasteiger partial charge is 0.261 e. The number of halogens is 2. The van der Waals surface area contributed by atoms with Crippen LogP contribution in [0.1, 0.15) is 30.9 Å². The SMILES string of the molecule is CCCCNC(=O)[C@@H](Cc1ccccc1)N(Cc1ccc(Br)cc1)C(=O)COc1ccc2ccccc2c1Br. The normalized spacial score (nSPS) is 11.7. The molecule has 0 radical (unpaired) electrons. The number of fused-ring (bicyclic) bond motifs is 1. The van der Waals surface area contributed by atoms with Gasteiger partial charge in [0.1, 0.15) is 11.8 Å². The fourth-order valence-electron chi connectivity index (χ4n) is 4.39. The molecule has 4 rings (SSSR count). The van der Waals surface area contributed by atoms with Gasteiger partial charge in [0.2, 0.25) is 5.91 Å². The van der Waals surface area contributed by atoms with Crippen molar-refractivity contribution in [3.8, 4) is 5.75 Å². The van der Waals surface area contributed by atoms with Gasteiger partial charge >= 0.3 is 0 Å². The zero-order valence-corrected chi connectivity index (χ0v) is 25.1. The lowest BCUT2D eigenvalue weighted by Crippen LogP contribution is -2.51. The monoisotopic (exact) mass is 650 g/mol. The van der Waals surface area contributed by atoms with Crippen molar-refractivity contribution >= 4 is 54.4 Å². The highest BCUT2D eigenvalue weighted by Crippen LogP contribution is 2.33. The highest BCUT2D eigenvalue weighted by Gasteiger charge is 2.30. The van der Waals surface area contributed by atoms with Crippen molar-refractivity contribution in [3.05, 3.63) is 111 Å². The topological polar surface area (TPSA) is 58.6 Å². The lowest BCUT2D eigenvalue weighted by atomic mass is 10.0. The quantitative estimate of drug-likeness (QED) is 0.164. The molecule has 39 heavy (non-hydrogen) atoms. The molecule has 0 aliphatic heterocycles. The van der Waals surface area contributed by atoms with Gasteiger partial charge in [-0.3, -0.25) is 9.59 Å². The first-order chi connectivity index (χ1) is 19.0. The Morgan fingerprint density at radius 2 is 1.59 bits per heavy atom. The van der Waals surface area contributed by atoms with E-state index in [1.807, 2.05) is 91.0 Å². The van der Waals surface area contributed by atoms with Crippen LogP contribution in [-0.2, 0) is 22.6 Å². The molecule has 0 heterocycles. The molecular weight excluding hydrogens is 620 g/mol. The third-order valence-corrected chi connectivity index (χ3v) is 7.89. The molecule has 0 saturated heterocycles. The van der Waals surface area contributed by atoms with Gasteiger partial charge in [0.15, 0.2) is 6.61 Å². The predicted molar refractivity (Wildman–Crippen MR) is 164 cm³/mol. The minimum atomic E-state index is -0.691. The average Bonchev–Trinajstić information content (AvgIpc) is 2.96. The summed E-state index contributed by atoms with van der Waals surface area (Å²) in [6, 6.07) is 28.7. The fourth-order valence-corrected chi connectivity index (χ4v) is 5.27. The highest BCUT2D eigenvalue weighted by atomic mass is 79.9. The van der Waals surface area contributed by atoms with Crippen molar-refractivity contribution in [3.63, 3.8) is 0 Å². The number of rotatable bonds is 12. The second-order valence-electron chi connectivity index (χ2n) is 9.39. The standard InChI is InChI=1S/C32H32Br2N2O3/c1-2-3-19-35-32(38)28(20-23-9-5-4-6-10-23)36(21-24-13-16-26(33)17-14-24)30(37)22-39-29-18-15-25-11-7-8-12-27(25)31(29)34/h4-18,28H,2-3,19-22H2,1H3,(H,35,38)/t28-/m1/s1. The number of carbonyl (C=O) groups excluding carboxylic acids is 2. The molecule has 0 aliphatic rings. The summed E-state index contributed by atoms with van der Waals surface area (Å²) in [5.41, 5.74) is 1.91. The Kier molecular flexibility index (Phi) is 10.6. The Morgan fingerprint density at radius 3 is 2.33 bits per heavy atom. The van der Waals surface area contributed by atoms with E-state index in [0.29, 0.717) is 18.7 Å². The summed E-state index contributed by atoms with van der Waals surface area (Å²) >= 11 is 7.12. The zero-order chi connectivity index (χ0) is 27.6. The number of amides is 2. The van der Waals surface area contributed by atoms with E-state index in [4.69, 9.17) is 4.74 Å². The lowest BCUT2D eigenvalue weighted by molar-refractivity contribution is -0.142. The number of carbonyl (C=O) groups is 2. The Hall–Kier alpha value is -3.16. The highest BCUT2D eigenvalue weighted by molar-refractivity contribution is 9.11. The van der Waals surface area contributed by atoms with Crippen LogP contribution in [0.25, 0.3) is 10.8 Å². The number of nitrogens with zero attached hydrogens (tertiary/aromatic N) is 1. The maximum atomic E-state index is 13.8. The Bertz CT molecular complexity index is 1390.